The molecule has 1 aliphatic rings. The van der Waals surface area contributed by atoms with E-state index in [1.54, 1.807) is 24.8 Å². The predicted molar refractivity (Wildman–Crippen MR) is 104 cm³/mol. The van der Waals surface area contributed by atoms with E-state index in [1.165, 1.54) is 16.9 Å². The summed E-state index contributed by atoms with van der Waals surface area (Å²) in [5.41, 5.74) is 2.11. The summed E-state index contributed by atoms with van der Waals surface area (Å²) in [6, 6.07) is 7.29. The van der Waals surface area contributed by atoms with Gasteiger partial charge in [-0.05, 0) is 49.1 Å². The van der Waals surface area contributed by atoms with E-state index in [4.69, 9.17) is 4.74 Å². The zero-order valence-electron chi connectivity index (χ0n) is 14.8. The van der Waals surface area contributed by atoms with Crippen molar-refractivity contribution < 1.29 is 9.53 Å². The van der Waals surface area contributed by atoms with Crippen molar-refractivity contribution in [1.82, 2.24) is 9.97 Å². The molecule has 1 N–H and O–H groups in total. The first-order chi connectivity index (χ1) is 12.7. The van der Waals surface area contributed by atoms with E-state index < -0.39 is 0 Å². The van der Waals surface area contributed by atoms with Gasteiger partial charge in [-0.1, -0.05) is 0 Å². The summed E-state index contributed by atoms with van der Waals surface area (Å²) in [5, 5.41) is 4.03. The number of carbonyl (C=O) groups is 1. The van der Waals surface area contributed by atoms with E-state index in [1.807, 2.05) is 36.2 Å². The Morgan fingerprint density at radius 3 is 2.85 bits per heavy atom. The smallest absolute Gasteiger partial charge is 0.243 e. The summed E-state index contributed by atoms with van der Waals surface area (Å²) >= 11 is 1.75. The number of benzene rings is 1. The van der Waals surface area contributed by atoms with Crippen LogP contribution in [-0.2, 0) is 17.6 Å². The van der Waals surface area contributed by atoms with Crippen LogP contribution in [0.25, 0.3) is 10.2 Å². The Morgan fingerprint density at radius 1 is 1.27 bits per heavy atom. The molecule has 0 radical (unpaired) electrons. The molecule has 0 spiro atoms. The van der Waals surface area contributed by atoms with Crippen molar-refractivity contribution in [3.8, 4) is 5.75 Å². The molecule has 3 aromatic rings. The van der Waals surface area contributed by atoms with Crippen LogP contribution in [0, 0.1) is 0 Å². The Hall–Kier alpha value is -2.67. The molecule has 1 aromatic carbocycles. The molecular formula is C19H20N4O2S. The molecular weight excluding hydrogens is 348 g/mol. The average Bonchev–Trinajstić information content (AvgIpc) is 3.22. The van der Waals surface area contributed by atoms with Crippen LogP contribution in [0.3, 0.4) is 0 Å². The molecule has 0 bridgehead atoms. The van der Waals surface area contributed by atoms with Gasteiger partial charge in [0.25, 0.3) is 0 Å². The lowest BCUT2D eigenvalue weighted by Crippen LogP contribution is -2.30. The number of hydrogen-bond donors (Lipinski definition) is 1. The number of rotatable bonds is 5. The first-order valence-electron chi connectivity index (χ1n) is 8.56. The summed E-state index contributed by atoms with van der Waals surface area (Å²) in [5.74, 6) is 1.50. The second-order valence-electron chi connectivity index (χ2n) is 6.37. The number of aryl methyl sites for hydroxylation is 2. The highest BCUT2D eigenvalue weighted by Crippen LogP contribution is 2.39. The maximum Gasteiger partial charge on any atom is 0.243 e. The Balaban J connectivity index is 1.51. The van der Waals surface area contributed by atoms with Gasteiger partial charge in [-0.2, -0.15) is 0 Å². The lowest BCUT2D eigenvalue weighted by molar-refractivity contribution is -0.114. The van der Waals surface area contributed by atoms with Crippen molar-refractivity contribution in [2.45, 2.75) is 19.3 Å². The summed E-state index contributed by atoms with van der Waals surface area (Å²) in [7, 11) is 3.51. The first-order valence-corrected chi connectivity index (χ1v) is 9.37. The molecule has 1 aliphatic carbocycles. The highest BCUT2D eigenvalue weighted by atomic mass is 32.1. The van der Waals surface area contributed by atoms with Crippen molar-refractivity contribution in [3.05, 3.63) is 41.0 Å². The number of amides is 1. The van der Waals surface area contributed by atoms with Crippen LogP contribution in [0.5, 0.6) is 5.75 Å². The van der Waals surface area contributed by atoms with Crippen LogP contribution in [0.2, 0.25) is 0 Å². The van der Waals surface area contributed by atoms with Gasteiger partial charge < -0.3 is 15.0 Å². The number of hydrogen-bond acceptors (Lipinski definition) is 6. The lowest BCUT2D eigenvalue weighted by atomic mass is 10.2. The van der Waals surface area contributed by atoms with Gasteiger partial charge in [0.05, 0.1) is 19.0 Å². The van der Waals surface area contributed by atoms with Gasteiger partial charge in [-0.3, -0.25) is 4.79 Å². The Morgan fingerprint density at radius 2 is 2.08 bits per heavy atom. The van der Waals surface area contributed by atoms with Crippen molar-refractivity contribution in [3.63, 3.8) is 0 Å². The van der Waals surface area contributed by atoms with E-state index in [0.717, 1.165) is 40.3 Å². The Bertz CT molecular complexity index is 952. The molecule has 2 heterocycles. The molecule has 26 heavy (non-hydrogen) atoms. The molecule has 4 rings (SSSR count). The molecule has 1 amide bonds. The largest absolute Gasteiger partial charge is 0.497 e. The molecule has 0 atom stereocenters. The molecule has 7 heteroatoms. The van der Waals surface area contributed by atoms with Crippen molar-refractivity contribution in [1.29, 1.82) is 0 Å². The quantitative estimate of drug-likeness (QED) is 0.749. The fourth-order valence-electron chi connectivity index (χ4n) is 3.37. The normalized spacial score (nSPS) is 12.8. The van der Waals surface area contributed by atoms with Crippen LogP contribution in [0.15, 0.2) is 30.6 Å². The summed E-state index contributed by atoms with van der Waals surface area (Å²) in [4.78, 5) is 25.6. The van der Waals surface area contributed by atoms with E-state index in [-0.39, 0.29) is 12.5 Å². The van der Waals surface area contributed by atoms with Crippen LogP contribution in [0.4, 0.5) is 11.5 Å². The van der Waals surface area contributed by atoms with Gasteiger partial charge in [-0.25, -0.2) is 9.97 Å². The van der Waals surface area contributed by atoms with Crippen LogP contribution in [-0.4, -0.2) is 36.6 Å². The number of anilines is 2. The van der Waals surface area contributed by atoms with E-state index >= 15 is 0 Å². The second-order valence-corrected chi connectivity index (χ2v) is 7.45. The topological polar surface area (TPSA) is 67.3 Å². The number of carbonyl (C=O) groups excluding carboxylic acids is 1. The van der Waals surface area contributed by atoms with Crippen molar-refractivity contribution in [2.24, 2.45) is 0 Å². The van der Waals surface area contributed by atoms with Crippen molar-refractivity contribution >= 4 is 39.0 Å². The third kappa shape index (κ3) is 3.10. The zero-order chi connectivity index (χ0) is 18.1. The number of likely N-dealkylation sites (N-methyl/N-ethyl adjacent to an activating group) is 1. The third-order valence-corrected chi connectivity index (χ3v) is 5.80. The number of methoxy groups -OCH3 is 1. The average molecular weight is 368 g/mol. The number of ether oxygens (including phenoxy) is 1. The second kappa shape index (κ2) is 6.92. The summed E-state index contributed by atoms with van der Waals surface area (Å²) in [6.45, 7) is 0.225. The fraction of sp³-hybridized carbons (Fsp3) is 0.316. The number of nitrogens with zero attached hydrogens (tertiary/aromatic N) is 3. The molecule has 0 saturated heterocycles. The predicted octanol–water partition coefficient (Wildman–Crippen LogP) is 3.26. The van der Waals surface area contributed by atoms with Gasteiger partial charge in [0, 0.05) is 17.6 Å². The standard InChI is InChI=1S/C19H20N4O2S/c1-23(10-16(24)22-12-6-8-13(25-2)9-7-12)18-17-14-4-3-5-15(14)26-19(17)21-11-20-18/h6-9,11H,3-5,10H2,1-2H3,(H,22,24). The number of fused-ring (bicyclic) bond motifs is 3. The fourth-order valence-corrected chi connectivity index (χ4v) is 4.59. The van der Waals surface area contributed by atoms with Crippen LogP contribution in [0.1, 0.15) is 16.9 Å². The van der Waals surface area contributed by atoms with Gasteiger partial charge in [0.15, 0.2) is 0 Å². The molecule has 6 nitrogen and oxygen atoms in total. The monoisotopic (exact) mass is 368 g/mol. The maximum atomic E-state index is 12.4. The zero-order valence-corrected chi connectivity index (χ0v) is 15.6. The lowest BCUT2D eigenvalue weighted by Gasteiger charge is -2.19. The minimum absolute atomic E-state index is 0.0868. The van der Waals surface area contributed by atoms with E-state index in [0.29, 0.717) is 0 Å². The summed E-state index contributed by atoms with van der Waals surface area (Å²) < 4.78 is 5.13. The highest BCUT2D eigenvalue weighted by Gasteiger charge is 2.23. The maximum absolute atomic E-state index is 12.4. The minimum atomic E-state index is -0.0868. The SMILES string of the molecule is COc1ccc(NC(=O)CN(C)c2ncnc3sc4c(c23)CCC4)cc1. The third-order valence-electron chi connectivity index (χ3n) is 4.60. The van der Waals surface area contributed by atoms with Crippen LogP contribution < -0.4 is 15.0 Å². The van der Waals surface area contributed by atoms with E-state index in [2.05, 4.69) is 15.3 Å². The first kappa shape index (κ1) is 16.8. The minimum Gasteiger partial charge on any atom is -0.497 e. The van der Waals surface area contributed by atoms with Crippen LogP contribution >= 0.6 is 11.3 Å². The highest BCUT2D eigenvalue weighted by molar-refractivity contribution is 7.19. The molecule has 0 saturated carbocycles. The van der Waals surface area contributed by atoms with Gasteiger partial charge in [-0.15, -0.1) is 11.3 Å². The molecule has 0 fully saturated rings. The molecule has 0 aliphatic heterocycles. The summed E-state index contributed by atoms with van der Waals surface area (Å²) in [6.07, 6.45) is 4.97. The number of nitrogens with one attached hydrogen (secondary N) is 1. The molecule has 134 valence electrons. The molecule has 2 aromatic heterocycles. The van der Waals surface area contributed by atoms with Gasteiger partial charge in [0.1, 0.15) is 22.7 Å². The van der Waals surface area contributed by atoms with Crippen molar-refractivity contribution in [2.75, 3.05) is 30.9 Å². The number of aromatic nitrogens is 2. The number of thiophene rings is 1. The van der Waals surface area contributed by atoms with Gasteiger partial charge >= 0.3 is 0 Å². The Labute approximate surface area is 155 Å². The molecule has 0 unspecified atom stereocenters. The van der Waals surface area contributed by atoms with Gasteiger partial charge in [0.2, 0.25) is 5.91 Å². The Kier molecular flexibility index (Phi) is 4.46. The van der Waals surface area contributed by atoms with E-state index in [9.17, 15) is 4.79 Å².